The van der Waals surface area contributed by atoms with Crippen molar-refractivity contribution >= 4 is 17.6 Å². The van der Waals surface area contributed by atoms with Gasteiger partial charge in [0.2, 0.25) is 11.9 Å². The van der Waals surface area contributed by atoms with Crippen LogP contribution in [0, 0.1) is 0 Å². The van der Waals surface area contributed by atoms with E-state index < -0.39 is 0 Å². The molecule has 2 aromatic heterocycles. The lowest BCUT2D eigenvalue weighted by molar-refractivity contribution is 0.934. The number of aromatic amines is 1. The van der Waals surface area contributed by atoms with Crippen molar-refractivity contribution in [2.45, 2.75) is 0 Å². The summed E-state index contributed by atoms with van der Waals surface area (Å²) < 4.78 is 1.67. The minimum atomic E-state index is 0.387. The van der Waals surface area contributed by atoms with Crippen LogP contribution in [0.2, 0.25) is 0 Å². The zero-order valence-corrected chi connectivity index (χ0v) is 7.15. The molecule has 0 amide bonds. The Bertz CT molecular complexity index is 387. The predicted octanol–water partition coefficient (Wildman–Crippen LogP) is 0.469. The number of anilines is 3. The van der Waals surface area contributed by atoms with E-state index in [4.69, 9.17) is 5.73 Å². The number of aromatic nitrogens is 4. The standard InChI is InChI=1S/C7H10N6/c1-13-6(8)11-12-7(13)10-5-2-3-9-4-5/h2-4,9H,1H3,(H2,8,11)(H,10,12). The summed E-state index contributed by atoms with van der Waals surface area (Å²) in [4.78, 5) is 2.93. The minimum Gasteiger partial charge on any atom is -0.368 e. The Morgan fingerprint density at radius 1 is 1.54 bits per heavy atom. The van der Waals surface area contributed by atoms with E-state index in [0.29, 0.717) is 11.9 Å². The second-order valence-electron chi connectivity index (χ2n) is 2.67. The summed E-state index contributed by atoms with van der Waals surface area (Å²) in [6.45, 7) is 0. The molecule has 0 saturated carbocycles. The van der Waals surface area contributed by atoms with E-state index in [1.54, 1.807) is 11.6 Å². The molecule has 0 spiro atoms. The molecule has 0 aliphatic heterocycles. The van der Waals surface area contributed by atoms with Crippen LogP contribution in [0.1, 0.15) is 0 Å². The lowest BCUT2D eigenvalue weighted by Crippen LogP contribution is -2.01. The minimum absolute atomic E-state index is 0.387. The highest BCUT2D eigenvalue weighted by atomic mass is 15.4. The molecule has 6 nitrogen and oxygen atoms in total. The highest BCUT2D eigenvalue weighted by Gasteiger charge is 2.04. The molecule has 0 aromatic carbocycles. The van der Waals surface area contributed by atoms with Crippen molar-refractivity contribution in [1.82, 2.24) is 19.7 Å². The van der Waals surface area contributed by atoms with Crippen LogP contribution in [0.5, 0.6) is 0 Å². The van der Waals surface area contributed by atoms with Crippen LogP contribution in [0.3, 0.4) is 0 Å². The average Bonchev–Trinajstić information content (AvgIpc) is 2.71. The third kappa shape index (κ3) is 1.33. The van der Waals surface area contributed by atoms with Crippen molar-refractivity contribution in [2.75, 3.05) is 11.1 Å². The summed E-state index contributed by atoms with van der Waals surface area (Å²) in [7, 11) is 1.80. The summed E-state index contributed by atoms with van der Waals surface area (Å²) in [5, 5.41) is 10.6. The smallest absolute Gasteiger partial charge is 0.230 e. The van der Waals surface area contributed by atoms with E-state index in [0.717, 1.165) is 5.69 Å². The molecule has 0 aliphatic rings. The fourth-order valence-corrected chi connectivity index (χ4v) is 0.981. The topological polar surface area (TPSA) is 84.6 Å². The molecule has 2 aromatic rings. The third-order valence-electron chi connectivity index (χ3n) is 1.76. The van der Waals surface area contributed by atoms with Gasteiger partial charge in [-0.15, -0.1) is 10.2 Å². The van der Waals surface area contributed by atoms with Gasteiger partial charge in [0.15, 0.2) is 0 Å². The van der Waals surface area contributed by atoms with Gasteiger partial charge in [-0.1, -0.05) is 0 Å². The number of H-pyrrole nitrogens is 1. The van der Waals surface area contributed by atoms with E-state index >= 15 is 0 Å². The van der Waals surface area contributed by atoms with Crippen LogP contribution in [0.25, 0.3) is 0 Å². The van der Waals surface area contributed by atoms with Crippen molar-refractivity contribution in [3.8, 4) is 0 Å². The van der Waals surface area contributed by atoms with E-state index in [-0.39, 0.29) is 0 Å². The van der Waals surface area contributed by atoms with Gasteiger partial charge in [-0.3, -0.25) is 4.57 Å². The van der Waals surface area contributed by atoms with Crippen LogP contribution in [0.15, 0.2) is 18.5 Å². The molecule has 0 bridgehead atoms. The molecular formula is C7H10N6. The Hall–Kier alpha value is -1.98. The number of nitrogen functional groups attached to an aromatic ring is 1. The second-order valence-corrected chi connectivity index (χ2v) is 2.67. The maximum atomic E-state index is 5.51. The van der Waals surface area contributed by atoms with Gasteiger partial charge < -0.3 is 16.0 Å². The summed E-state index contributed by atoms with van der Waals surface area (Å²) in [6.07, 6.45) is 3.65. The van der Waals surface area contributed by atoms with Gasteiger partial charge in [0.25, 0.3) is 0 Å². The molecule has 0 saturated heterocycles. The van der Waals surface area contributed by atoms with Gasteiger partial charge in [-0.05, 0) is 6.07 Å². The number of nitrogens with two attached hydrogens (primary N) is 1. The largest absolute Gasteiger partial charge is 0.368 e. The number of rotatable bonds is 2. The summed E-state index contributed by atoms with van der Waals surface area (Å²) in [6, 6.07) is 1.89. The summed E-state index contributed by atoms with van der Waals surface area (Å²) in [5.74, 6) is 1.01. The molecule has 0 atom stereocenters. The van der Waals surface area contributed by atoms with Gasteiger partial charge in [0.1, 0.15) is 0 Å². The monoisotopic (exact) mass is 178 g/mol. The molecule has 0 radical (unpaired) electrons. The molecule has 2 heterocycles. The first-order valence-corrected chi connectivity index (χ1v) is 3.82. The Kier molecular flexibility index (Phi) is 1.66. The third-order valence-corrected chi connectivity index (χ3v) is 1.76. The highest BCUT2D eigenvalue weighted by Crippen LogP contribution is 2.13. The molecular weight excluding hydrogens is 168 g/mol. The lowest BCUT2D eigenvalue weighted by Gasteiger charge is -2.01. The zero-order chi connectivity index (χ0) is 9.26. The fourth-order valence-electron chi connectivity index (χ4n) is 0.981. The quantitative estimate of drug-likeness (QED) is 0.624. The van der Waals surface area contributed by atoms with Gasteiger partial charge in [-0.25, -0.2) is 0 Å². The van der Waals surface area contributed by atoms with Crippen molar-refractivity contribution in [3.05, 3.63) is 18.5 Å². The summed E-state index contributed by atoms with van der Waals surface area (Å²) in [5.41, 5.74) is 6.44. The molecule has 68 valence electrons. The van der Waals surface area contributed by atoms with Crippen molar-refractivity contribution < 1.29 is 0 Å². The van der Waals surface area contributed by atoms with Crippen LogP contribution in [0.4, 0.5) is 17.6 Å². The summed E-state index contributed by atoms with van der Waals surface area (Å²) >= 11 is 0. The Morgan fingerprint density at radius 2 is 2.38 bits per heavy atom. The van der Waals surface area contributed by atoms with Gasteiger partial charge in [0.05, 0.1) is 5.69 Å². The first-order valence-electron chi connectivity index (χ1n) is 3.82. The van der Waals surface area contributed by atoms with Crippen LogP contribution in [-0.4, -0.2) is 19.7 Å². The van der Waals surface area contributed by atoms with E-state index in [2.05, 4.69) is 20.5 Å². The van der Waals surface area contributed by atoms with Gasteiger partial charge in [-0.2, -0.15) is 0 Å². The molecule has 2 rings (SSSR count). The van der Waals surface area contributed by atoms with E-state index in [1.165, 1.54) is 0 Å². The first kappa shape index (κ1) is 7.66. The van der Waals surface area contributed by atoms with Crippen LogP contribution in [-0.2, 0) is 7.05 Å². The lowest BCUT2D eigenvalue weighted by atomic mass is 10.5. The highest BCUT2D eigenvalue weighted by molar-refractivity contribution is 5.52. The number of nitrogens with one attached hydrogen (secondary N) is 2. The number of hydrogen-bond acceptors (Lipinski definition) is 4. The molecule has 6 heteroatoms. The van der Waals surface area contributed by atoms with Crippen molar-refractivity contribution in [2.24, 2.45) is 7.05 Å². The van der Waals surface area contributed by atoms with Crippen molar-refractivity contribution in [1.29, 1.82) is 0 Å². The molecule has 13 heavy (non-hydrogen) atoms. The fraction of sp³-hybridized carbons (Fsp3) is 0.143. The van der Waals surface area contributed by atoms with Crippen LogP contribution >= 0.6 is 0 Å². The maximum Gasteiger partial charge on any atom is 0.230 e. The molecule has 0 fully saturated rings. The maximum absolute atomic E-state index is 5.51. The molecule has 0 aliphatic carbocycles. The first-order chi connectivity index (χ1) is 6.27. The number of hydrogen-bond donors (Lipinski definition) is 3. The normalized spacial score (nSPS) is 10.2. The molecule has 4 N–H and O–H groups in total. The Labute approximate surface area is 74.8 Å². The zero-order valence-electron chi connectivity index (χ0n) is 7.15. The van der Waals surface area contributed by atoms with E-state index in [1.807, 2.05) is 18.5 Å². The second kappa shape index (κ2) is 2.81. The Balaban J connectivity index is 2.24. The van der Waals surface area contributed by atoms with Gasteiger partial charge >= 0.3 is 0 Å². The van der Waals surface area contributed by atoms with Crippen molar-refractivity contribution in [3.63, 3.8) is 0 Å². The molecule has 0 unspecified atom stereocenters. The number of nitrogens with zero attached hydrogens (tertiary/aromatic N) is 3. The predicted molar refractivity (Wildman–Crippen MR) is 49.5 cm³/mol. The van der Waals surface area contributed by atoms with Crippen LogP contribution < -0.4 is 11.1 Å². The Morgan fingerprint density at radius 3 is 2.92 bits per heavy atom. The van der Waals surface area contributed by atoms with E-state index in [9.17, 15) is 0 Å². The van der Waals surface area contributed by atoms with Gasteiger partial charge in [0, 0.05) is 19.4 Å². The average molecular weight is 178 g/mol. The SMILES string of the molecule is Cn1c(N)nnc1Nc1cc[nH]c1.